The van der Waals surface area contributed by atoms with Crippen molar-refractivity contribution >= 4 is 5.91 Å². The van der Waals surface area contributed by atoms with Crippen LogP contribution in [-0.4, -0.2) is 13.0 Å². The maximum absolute atomic E-state index is 11.9. The summed E-state index contributed by atoms with van der Waals surface area (Å²) in [6.45, 7) is 0. The molecular weight excluding hydrogens is 256 g/mol. The van der Waals surface area contributed by atoms with Crippen molar-refractivity contribution < 1.29 is 13.9 Å². The van der Waals surface area contributed by atoms with E-state index in [0.29, 0.717) is 5.76 Å². The molecule has 2 aromatic rings. The molecule has 1 amide bonds. The summed E-state index contributed by atoms with van der Waals surface area (Å²) in [4.78, 5) is 11.9. The number of hydrogen-bond acceptors (Lipinski definition) is 4. The second-order valence-corrected chi connectivity index (χ2v) is 4.17. The predicted octanol–water partition coefficient (Wildman–Crippen LogP) is 2.21. The Balaban J connectivity index is 1.96. The highest BCUT2D eigenvalue weighted by atomic mass is 16.5. The number of methoxy groups -OCH3 is 1. The molecule has 0 fully saturated rings. The van der Waals surface area contributed by atoms with Crippen molar-refractivity contribution in [3.8, 4) is 11.8 Å². The van der Waals surface area contributed by atoms with Gasteiger partial charge in [0.05, 0.1) is 25.9 Å². The van der Waals surface area contributed by atoms with E-state index < -0.39 is 6.04 Å². The zero-order valence-corrected chi connectivity index (χ0v) is 11.0. The zero-order valence-electron chi connectivity index (χ0n) is 11.0. The molecule has 1 aromatic carbocycles. The maximum atomic E-state index is 11.9. The van der Waals surface area contributed by atoms with Crippen molar-refractivity contribution in [2.45, 2.75) is 12.5 Å². The maximum Gasteiger partial charge on any atom is 0.225 e. The molecular formula is C15H14N2O3. The lowest BCUT2D eigenvalue weighted by Gasteiger charge is -2.09. The lowest BCUT2D eigenvalue weighted by atomic mass is 10.1. The van der Waals surface area contributed by atoms with Gasteiger partial charge in [-0.05, 0) is 29.8 Å². The molecule has 1 unspecified atom stereocenters. The normalized spacial score (nSPS) is 11.4. The van der Waals surface area contributed by atoms with E-state index >= 15 is 0 Å². The molecule has 1 N–H and O–H groups in total. The van der Waals surface area contributed by atoms with Gasteiger partial charge in [0.15, 0.2) is 6.04 Å². The quantitative estimate of drug-likeness (QED) is 0.903. The molecule has 1 heterocycles. The third-order valence-corrected chi connectivity index (χ3v) is 2.79. The zero-order chi connectivity index (χ0) is 14.4. The second kappa shape index (κ2) is 6.43. The third kappa shape index (κ3) is 3.39. The number of carbonyl (C=O) groups is 1. The SMILES string of the molecule is COc1ccc(CC(=O)NC(C#N)c2ccco2)cc1. The number of hydrogen-bond donors (Lipinski definition) is 1. The minimum atomic E-state index is -0.768. The van der Waals surface area contributed by atoms with Gasteiger partial charge >= 0.3 is 0 Å². The summed E-state index contributed by atoms with van der Waals surface area (Å²) in [5.74, 6) is 0.924. The van der Waals surface area contributed by atoms with E-state index in [1.807, 2.05) is 18.2 Å². The summed E-state index contributed by atoms with van der Waals surface area (Å²) in [6, 6.07) is 11.8. The first-order valence-corrected chi connectivity index (χ1v) is 6.08. The molecule has 0 aliphatic heterocycles. The number of furan rings is 1. The van der Waals surface area contributed by atoms with E-state index in [9.17, 15) is 4.79 Å². The number of nitrogens with zero attached hydrogens (tertiary/aromatic N) is 1. The summed E-state index contributed by atoms with van der Waals surface area (Å²) < 4.78 is 10.2. The van der Waals surface area contributed by atoms with Crippen LogP contribution < -0.4 is 10.1 Å². The Bertz CT molecular complexity index is 597. The van der Waals surface area contributed by atoms with Gasteiger partial charge in [0.25, 0.3) is 0 Å². The fourth-order valence-electron chi connectivity index (χ4n) is 1.76. The summed E-state index contributed by atoms with van der Waals surface area (Å²) in [5, 5.41) is 11.7. The largest absolute Gasteiger partial charge is 0.497 e. The van der Waals surface area contributed by atoms with E-state index in [1.54, 1.807) is 31.4 Å². The number of carbonyl (C=O) groups excluding carboxylic acids is 1. The molecule has 0 saturated carbocycles. The average molecular weight is 270 g/mol. The van der Waals surface area contributed by atoms with E-state index in [4.69, 9.17) is 14.4 Å². The first-order valence-electron chi connectivity index (χ1n) is 6.08. The highest BCUT2D eigenvalue weighted by molar-refractivity contribution is 5.79. The fourth-order valence-corrected chi connectivity index (χ4v) is 1.76. The van der Waals surface area contributed by atoms with Gasteiger partial charge < -0.3 is 14.5 Å². The van der Waals surface area contributed by atoms with Gasteiger partial charge in [-0.1, -0.05) is 12.1 Å². The molecule has 0 spiro atoms. The van der Waals surface area contributed by atoms with Crippen molar-refractivity contribution in [2.75, 3.05) is 7.11 Å². The van der Waals surface area contributed by atoms with Crippen molar-refractivity contribution in [2.24, 2.45) is 0 Å². The standard InChI is InChI=1S/C15H14N2O3/c1-19-12-6-4-11(5-7-12)9-15(18)17-13(10-16)14-3-2-8-20-14/h2-8,13H,9H2,1H3,(H,17,18). The lowest BCUT2D eigenvalue weighted by Crippen LogP contribution is -2.28. The molecule has 0 aliphatic carbocycles. The Morgan fingerprint density at radius 2 is 2.15 bits per heavy atom. The molecule has 0 bridgehead atoms. The van der Waals surface area contributed by atoms with Crippen molar-refractivity contribution in [1.82, 2.24) is 5.32 Å². The Morgan fingerprint density at radius 1 is 1.40 bits per heavy atom. The number of rotatable bonds is 5. The van der Waals surface area contributed by atoms with Crippen LogP contribution in [0.4, 0.5) is 0 Å². The number of amides is 1. The monoisotopic (exact) mass is 270 g/mol. The van der Waals surface area contributed by atoms with Crippen LogP contribution in [0.25, 0.3) is 0 Å². The van der Waals surface area contributed by atoms with E-state index in [-0.39, 0.29) is 12.3 Å². The number of ether oxygens (including phenoxy) is 1. The predicted molar refractivity (Wildman–Crippen MR) is 71.9 cm³/mol. The van der Waals surface area contributed by atoms with Crippen LogP contribution in [0.5, 0.6) is 5.75 Å². The molecule has 0 radical (unpaired) electrons. The molecule has 2 rings (SSSR count). The smallest absolute Gasteiger partial charge is 0.225 e. The molecule has 102 valence electrons. The molecule has 5 nitrogen and oxygen atoms in total. The van der Waals surface area contributed by atoms with Crippen LogP contribution in [0.2, 0.25) is 0 Å². The van der Waals surface area contributed by atoms with Gasteiger partial charge in [-0.25, -0.2) is 0 Å². The van der Waals surface area contributed by atoms with Crippen LogP contribution in [0.1, 0.15) is 17.4 Å². The van der Waals surface area contributed by atoms with Crippen LogP contribution in [-0.2, 0) is 11.2 Å². The van der Waals surface area contributed by atoms with Crippen molar-refractivity contribution in [3.05, 3.63) is 54.0 Å². The van der Waals surface area contributed by atoms with Crippen molar-refractivity contribution in [3.63, 3.8) is 0 Å². The summed E-state index contributed by atoms with van der Waals surface area (Å²) in [6.07, 6.45) is 1.66. The topological polar surface area (TPSA) is 75.3 Å². The molecule has 1 aromatic heterocycles. The molecule has 5 heteroatoms. The molecule has 20 heavy (non-hydrogen) atoms. The third-order valence-electron chi connectivity index (χ3n) is 2.79. The van der Waals surface area contributed by atoms with Gasteiger partial charge in [0, 0.05) is 0 Å². The Kier molecular flexibility index (Phi) is 4.40. The number of nitriles is 1. The van der Waals surface area contributed by atoms with E-state index in [2.05, 4.69) is 5.32 Å². The Labute approximate surface area is 116 Å². The lowest BCUT2D eigenvalue weighted by molar-refractivity contribution is -0.120. The minimum absolute atomic E-state index is 0.197. The summed E-state index contributed by atoms with van der Waals surface area (Å²) in [5.41, 5.74) is 0.847. The highest BCUT2D eigenvalue weighted by Gasteiger charge is 2.16. The fraction of sp³-hybridized carbons (Fsp3) is 0.200. The molecule has 1 atom stereocenters. The first kappa shape index (κ1) is 13.7. The molecule has 0 aliphatic rings. The molecule has 0 saturated heterocycles. The van der Waals surface area contributed by atoms with Gasteiger partial charge in [-0.15, -0.1) is 0 Å². The van der Waals surface area contributed by atoms with Crippen molar-refractivity contribution in [1.29, 1.82) is 5.26 Å². The van der Waals surface area contributed by atoms with Crippen LogP contribution in [0.15, 0.2) is 47.1 Å². The Hall–Kier alpha value is -2.74. The highest BCUT2D eigenvalue weighted by Crippen LogP contribution is 2.14. The van der Waals surface area contributed by atoms with Crippen LogP contribution in [0.3, 0.4) is 0 Å². The van der Waals surface area contributed by atoms with E-state index in [1.165, 1.54) is 6.26 Å². The average Bonchev–Trinajstić information content (AvgIpc) is 2.99. The van der Waals surface area contributed by atoms with Gasteiger partial charge in [0.1, 0.15) is 11.5 Å². The van der Waals surface area contributed by atoms with Gasteiger partial charge in [-0.3, -0.25) is 4.79 Å². The minimum Gasteiger partial charge on any atom is -0.497 e. The number of benzene rings is 1. The van der Waals surface area contributed by atoms with Crippen LogP contribution >= 0.6 is 0 Å². The number of nitrogens with one attached hydrogen (secondary N) is 1. The first-order chi connectivity index (χ1) is 9.72. The second-order valence-electron chi connectivity index (χ2n) is 4.17. The van der Waals surface area contributed by atoms with Gasteiger partial charge in [-0.2, -0.15) is 5.26 Å². The summed E-state index contributed by atoms with van der Waals surface area (Å²) >= 11 is 0. The van der Waals surface area contributed by atoms with Crippen LogP contribution in [0, 0.1) is 11.3 Å². The summed E-state index contributed by atoms with van der Waals surface area (Å²) in [7, 11) is 1.59. The Morgan fingerprint density at radius 3 is 2.70 bits per heavy atom. The van der Waals surface area contributed by atoms with Gasteiger partial charge in [0.2, 0.25) is 5.91 Å². The van der Waals surface area contributed by atoms with E-state index in [0.717, 1.165) is 11.3 Å².